The highest BCUT2D eigenvalue weighted by Crippen LogP contribution is 2.24. The highest BCUT2D eigenvalue weighted by Gasteiger charge is 2.03. The molecule has 0 aliphatic heterocycles. The van der Waals surface area contributed by atoms with E-state index in [1.807, 2.05) is 6.92 Å². The van der Waals surface area contributed by atoms with Gasteiger partial charge in [0.15, 0.2) is 0 Å². The third-order valence-corrected chi connectivity index (χ3v) is 3.65. The normalized spacial score (nSPS) is 12.5. The number of aliphatic hydroxyl groups excluding tert-OH is 1. The van der Waals surface area contributed by atoms with E-state index in [1.165, 1.54) is 18.2 Å². The summed E-state index contributed by atoms with van der Waals surface area (Å²) in [6.07, 6.45) is 0. The van der Waals surface area contributed by atoms with E-state index in [-0.39, 0.29) is 12.4 Å². The molecule has 0 bridgehead atoms. The summed E-state index contributed by atoms with van der Waals surface area (Å²) >= 11 is 7.52. The van der Waals surface area contributed by atoms with Gasteiger partial charge in [0.1, 0.15) is 11.6 Å². The highest BCUT2D eigenvalue weighted by atomic mass is 35.5. The molecule has 2 nitrogen and oxygen atoms in total. The van der Waals surface area contributed by atoms with Crippen molar-refractivity contribution in [3.05, 3.63) is 29.0 Å². The topological polar surface area (TPSA) is 29.5 Å². The molecule has 0 spiro atoms. The van der Waals surface area contributed by atoms with E-state index in [0.717, 1.165) is 11.5 Å². The summed E-state index contributed by atoms with van der Waals surface area (Å²) in [6.45, 7) is 2.72. The number of hydrogen-bond acceptors (Lipinski definition) is 3. The van der Waals surface area contributed by atoms with Gasteiger partial charge in [-0.3, -0.25) is 0 Å². The van der Waals surface area contributed by atoms with Crippen molar-refractivity contribution in [1.82, 2.24) is 0 Å². The lowest BCUT2D eigenvalue weighted by molar-refractivity contribution is 0.250. The maximum atomic E-state index is 12.8. The van der Waals surface area contributed by atoms with Crippen molar-refractivity contribution < 1.29 is 14.2 Å². The van der Waals surface area contributed by atoms with Crippen molar-refractivity contribution >= 4 is 23.4 Å². The average molecular weight is 279 g/mol. The summed E-state index contributed by atoms with van der Waals surface area (Å²) < 4.78 is 18.2. The van der Waals surface area contributed by atoms with E-state index >= 15 is 0 Å². The van der Waals surface area contributed by atoms with Crippen LogP contribution < -0.4 is 4.74 Å². The minimum Gasteiger partial charge on any atom is -0.491 e. The van der Waals surface area contributed by atoms with E-state index in [2.05, 4.69) is 0 Å². The van der Waals surface area contributed by atoms with Gasteiger partial charge in [-0.1, -0.05) is 18.5 Å². The summed E-state index contributed by atoms with van der Waals surface area (Å²) in [5, 5.41) is 9.12. The van der Waals surface area contributed by atoms with Crippen LogP contribution in [0.5, 0.6) is 5.75 Å². The van der Waals surface area contributed by atoms with Gasteiger partial charge >= 0.3 is 0 Å². The minimum atomic E-state index is -0.367. The Morgan fingerprint density at radius 2 is 2.29 bits per heavy atom. The van der Waals surface area contributed by atoms with Crippen LogP contribution in [0.25, 0.3) is 0 Å². The molecule has 0 saturated carbocycles. The Kier molecular flexibility index (Phi) is 6.70. The summed E-state index contributed by atoms with van der Waals surface area (Å²) in [5.74, 6) is 2.15. The lowest BCUT2D eigenvalue weighted by Crippen LogP contribution is -2.07. The van der Waals surface area contributed by atoms with Gasteiger partial charge in [-0.25, -0.2) is 4.39 Å². The molecule has 0 aliphatic carbocycles. The Hall–Kier alpha value is -0.450. The van der Waals surface area contributed by atoms with Crippen LogP contribution >= 0.6 is 23.4 Å². The highest BCUT2D eigenvalue weighted by molar-refractivity contribution is 7.99. The van der Waals surface area contributed by atoms with E-state index in [1.54, 1.807) is 11.8 Å². The third kappa shape index (κ3) is 5.61. The first-order chi connectivity index (χ1) is 8.13. The molecule has 1 aromatic rings. The molecule has 1 aromatic carbocycles. The van der Waals surface area contributed by atoms with Crippen molar-refractivity contribution in [2.75, 3.05) is 24.7 Å². The van der Waals surface area contributed by atoms with Crippen molar-refractivity contribution in [2.45, 2.75) is 6.92 Å². The first kappa shape index (κ1) is 14.6. The number of halogens is 2. The van der Waals surface area contributed by atoms with Gasteiger partial charge in [0.25, 0.3) is 0 Å². The lowest BCUT2D eigenvalue weighted by atomic mass is 10.2. The standard InChI is InChI=1S/C12H16ClFO2S/c1-9(7-15)8-17-5-4-16-12-3-2-10(14)6-11(12)13/h2-3,6,9,15H,4-5,7-8H2,1H3. The SMILES string of the molecule is CC(CO)CSCCOc1ccc(F)cc1Cl. The molecule has 0 fully saturated rings. The predicted octanol–water partition coefficient (Wildman–Crippen LogP) is 3.22. The van der Waals surface area contributed by atoms with E-state index in [9.17, 15) is 4.39 Å². The Morgan fingerprint density at radius 3 is 2.94 bits per heavy atom. The maximum Gasteiger partial charge on any atom is 0.138 e. The van der Waals surface area contributed by atoms with Crippen LogP contribution in [0, 0.1) is 11.7 Å². The molecular formula is C12H16ClFO2S. The molecule has 17 heavy (non-hydrogen) atoms. The first-order valence-electron chi connectivity index (χ1n) is 5.40. The summed E-state index contributed by atoms with van der Waals surface area (Å²) in [6, 6.07) is 4.08. The van der Waals surface area contributed by atoms with Gasteiger partial charge in [0.2, 0.25) is 0 Å². The van der Waals surface area contributed by atoms with Crippen LogP contribution in [0.1, 0.15) is 6.92 Å². The quantitative estimate of drug-likeness (QED) is 0.777. The smallest absolute Gasteiger partial charge is 0.138 e. The van der Waals surface area contributed by atoms with Gasteiger partial charge < -0.3 is 9.84 Å². The molecule has 0 aliphatic rings. The molecule has 5 heteroatoms. The van der Waals surface area contributed by atoms with E-state index < -0.39 is 0 Å². The molecule has 96 valence electrons. The van der Waals surface area contributed by atoms with Gasteiger partial charge in [-0.05, 0) is 29.9 Å². The zero-order chi connectivity index (χ0) is 12.7. The van der Waals surface area contributed by atoms with Crippen LogP contribution in [0.15, 0.2) is 18.2 Å². The van der Waals surface area contributed by atoms with Gasteiger partial charge in [-0.2, -0.15) is 11.8 Å². The second-order valence-corrected chi connectivity index (χ2v) is 5.34. The molecule has 1 atom stereocenters. The van der Waals surface area contributed by atoms with E-state index in [4.69, 9.17) is 21.4 Å². The van der Waals surface area contributed by atoms with Crippen molar-refractivity contribution in [1.29, 1.82) is 0 Å². The Balaban J connectivity index is 2.22. The lowest BCUT2D eigenvalue weighted by Gasteiger charge is -2.09. The van der Waals surface area contributed by atoms with Gasteiger partial charge in [0, 0.05) is 12.4 Å². The summed E-state index contributed by atoms with van der Waals surface area (Å²) in [4.78, 5) is 0. The number of thioether (sulfide) groups is 1. The van der Waals surface area contributed by atoms with Crippen LogP contribution in [0.4, 0.5) is 4.39 Å². The third-order valence-electron chi connectivity index (χ3n) is 2.09. The molecule has 1 N–H and O–H groups in total. The molecule has 0 heterocycles. The molecule has 0 aromatic heterocycles. The number of ether oxygens (including phenoxy) is 1. The van der Waals surface area contributed by atoms with E-state index in [0.29, 0.717) is 23.3 Å². The number of rotatable bonds is 7. The number of hydrogen-bond donors (Lipinski definition) is 1. The number of aliphatic hydroxyl groups is 1. The molecule has 1 unspecified atom stereocenters. The fourth-order valence-corrected chi connectivity index (χ4v) is 2.24. The molecule has 1 rings (SSSR count). The zero-order valence-electron chi connectivity index (χ0n) is 9.66. The van der Waals surface area contributed by atoms with Crippen LogP contribution in [-0.4, -0.2) is 29.8 Å². The fourth-order valence-electron chi connectivity index (χ4n) is 1.14. The van der Waals surface area contributed by atoms with Crippen molar-refractivity contribution in [3.63, 3.8) is 0 Å². The minimum absolute atomic E-state index is 0.206. The zero-order valence-corrected chi connectivity index (χ0v) is 11.2. The summed E-state index contributed by atoms with van der Waals surface area (Å²) in [7, 11) is 0. The Bertz CT molecular complexity index is 349. The largest absolute Gasteiger partial charge is 0.491 e. The fraction of sp³-hybridized carbons (Fsp3) is 0.500. The van der Waals surface area contributed by atoms with Gasteiger partial charge in [-0.15, -0.1) is 0 Å². The van der Waals surface area contributed by atoms with Crippen molar-refractivity contribution in [3.8, 4) is 5.75 Å². The predicted molar refractivity (Wildman–Crippen MR) is 70.5 cm³/mol. The number of benzene rings is 1. The van der Waals surface area contributed by atoms with Gasteiger partial charge in [0.05, 0.1) is 11.6 Å². The first-order valence-corrected chi connectivity index (χ1v) is 6.93. The Morgan fingerprint density at radius 1 is 1.53 bits per heavy atom. The maximum absolute atomic E-state index is 12.8. The molecule has 0 radical (unpaired) electrons. The average Bonchev–Trinajstić information content (AvgIpc) is 2.30. The van der Waals surface area contributed by atoms with Crippen LogP contribution in [-0.2, 0) is 0 Å². The second kappa shape index (κ2) is 7.80. The van der Waals surface area contributed by atoms with Crippen molar-refractivity contribution in [2.24, 2.45) is 5.92 Å². The van der Waals surface area contributed by atoms with Crippen LogP contribution in [0.3, 0.4) is 0 Å². The molecule has 0 amide bonds. The molecule has 0 saturated heterocycles. The van der Waals surface area contributed by atoms with Crippen LogP contribution in [0.2, 0.25) is 5.02 Å². The summed E-state index contributed by atoms with van der Waals surface area (Å²) in [5.41, 5.74) is 0. The Labute approximate surface area is 110 Å². The monoisotopic (exact) mass is 278 g/mol. The second-order valence-electron chi connectivity index (χ2n) is 3.79. The molecular weight excluding hydrogens is 263 g/mol.